The molecular weight excluding hydrogens is 394 g/mol. The van der Waals surface area contributed by atoms with E-state index in [9.17, 15) is 9.59 Å². The van der Waals surface area contributed by atoms with Crippen LogP contribution in [0.4, 0.5) is 5.69 Å². The van der Waals surface area contributed by atoms with Crippen LogP contribution >= 0.6 is 11.3 Å². The Morgan fingerprint density at radius 2 is 1.77 bits per heavy atom. The largest absolute Gasteiger partial charge is 0.348 e. The Bertz CT molecular complexity index is 984. The van der Waals surface area contributed by atoms with Gasteiger partial charge in [-0.3, -0.25) is 14.5 Å². The van der Waals surface area contributed by atoms with Gasteiger partial charge >= 0.3 is 0 Å². The number of likely N-dealkylation sites (N-methyl/N-ethyl adjacent to an activating group) is 1. The van der Waals surface area contributed by atoms with E-state index in [-0.39, 0.29) is 24.4 Å². The maximum absolute atomic E-state index is 12.7. The highest BCUT2D eigenvalue weighted by atomic mass is 32.1. The second-order valence-corrected chi connectivity index (χ2v) is 8.35. The number of amides is 2. The van der Waals surface area contributed by atoms with Gasteiger partial charge < -0.3 is 10.6 Å². The van der Waals surface area contributed by atoms with Crippen LogP contribution < -0.4 is 10.6 Å². The first kappa shape index (κ1) is 21.7. The molecule has 0 bridgehead atoms. The fraction of sp³-hybridized carbons (Fsp3) is 0.250. The number of rotatable bonds is 8. The van der Waals surface area contributed by atoms with Crippen molar-refractivity contribution >= 4 is 28.8 Å². The summed E-state index contributed by atoms with van der Waals surface area (Å²) in [5, 5.41) is 7.85. The quantitative estimate of drug-likeness (QED) is 0.558. The number of aryl methyl sites for hydroxylation is 1. The molecule has 5 nitrogen and oxygen atoms in total. The molecule has 1 heterocycles. The van der Waals surface area contributed by atoms with Gasteiger partial charge in [0.05, 0.1) is 17.8 Å². The molecule has 0 saturated carbocycles. The maximum Gasteiger partial charge on any atom is 0.253 e. The number of anilines is 1. The molecule has 2 aromatic carbocycles. The molecule has 0 aliphatic heterocycles. The van der Waals surface area contributed by atoms with Crippen molar-refractivity contribution in [3.63, 3.8) is 0 Å². The summed E-state index contributed by atoms with van der Waals surface area (Å²) in [6.45, 7) is 4.77. The molecule has 0 saturated heterocycles. The Hall–Kier alpha value is -2.96. The summed E-state index contributed by atoms with van der Waals surface area (Å²) in [6.07, 6.45) is 0. The highest BCUT2D eigenvalue weighted by molar-refractivity contribution is 7.10. The van der Waals surface area contributed by atoms with Gasteiger partial charge in [0.25, 0.3) is 5.91 Å². The van der Waals surface area contributed by atoms with Gasteiger partial charge in [0.1, 0.15) is 0 Å². The predicted octanol–water partition coefficient (Wildman–Crippen LogP) is 4.62. The Morgan fingerprint density at radius 1 is 1.03 bits per heavy atom. The molecule has 0 fully saturated rings. The molecule has 1 atom stereocenters. The lowest BCUT2D eigenvalue weighted by atomic mass is 10.1. The van der Waals surface area contributed by atoms with E-state index < -0.39 is 0 Å². The number of hydrogen-bond acceptors (Lipinski definition) is 4. The third kappa shape index (κ3) is 5.78. The molecule has 6 heteroatoms. The van der Waals surface area contributed by atoms with E-state index in [2.05, 4.69) is 23.6 Å². The van der Waals surface area contributed by atoms with Gasteiger partial charge in [-0.15, -0.1) is 11.3 Å². The van der Waals surface area contributed by atoms with Crippen molar-refractivity contribution in [2.75, 3.05) is 18.9 Å². The normalized spacial score (nSPS) is 11.9. The van der Waals surface area contributed by atoms with Crippen LogP contribution in [0.3, 0.4) is 0 Å². The molecule has 1 unspecified atom stereocenters. The van der Waals surface area contributed by atoms with Crippen molar-refractivity contribution in [3.8, 4) is 0 Å². The van der Waals surface area contributed by atoms with Crippen molar-refractivity contribution in [2.45, 2.75) is 26.4 Å². The van der Waals surface area contributed by atoms with Gasteiger partial charge in [-0.25, -0.2) is 0 Å². The van der Waals surface area contributed by atoms with Crippen molar-refractivity contribution in [1.82, 2.24) is 10.2 Å². The van der Waals surface area contributed by atoms with Gasteiger partial charge in [0.15, 0.2) is 0 Å². The van der Waals surface area contributed by atoms with E-state index in [0.29, 0.717) is 17.8 Å². The first-order chi connectivity index (χ1) is 14.4. The molecule has 3 aromatic rings. The minimum absolute atomic E-state index is 0.142. The van der Waals surface area contributed by atoms with Crippen LogP contribution in [-0.2, 0) is 11.3 Å². The van der Waals surface area contributed by atoms with Crippen LogP contribution in [0.1, 0.15) is 39.3 Å². The third-order valence-corrected chi connectivity index (χ3v) is 6.07. The van der Waals surface area contributed by atoms with Crippen molar-refractivity contribution in [1.29, 1.82) is 0 Å². The van der Waals surface area contributed by atoms with E-state index in [0.717, 1.165) is 5.56 Å². The SMILES string of the molecule is Cc1ccc(CNC(=O)c2ccccc2NC(=O)CN(C)C(C)c2cccs2)cc1. The van der Waals surface area contributed by atoms with Gasteiger partial charge in [0, 0.05) is 17.5 Å². The summed E-state index contributed by atoms with van der Waals surface area (Å²) in [5.41, 5.74) is 3.17. The zero-order valence-corrected chi connectivity index (χ0v) is 18.3. The summed E-state index contributed by atoms with van der Waals surface area (Å²) in [5.74, 6) is -0.369. The third-order valence-electron chi connectivity index (χ3n) is 5.03. The van der Waals surface area contributed by atoms with E-state index >= 15 is 0 Å². The molecule has 1 aromatic heterocycles. The van der Waals surface area contributed by atoms with Gasteiger partial charge in [-0.1, -0.05) is 48.0 Å². The van der Waals surface area contributed by atoms with Crippen LogP contribution in [0, 0.1) is 6.92 Å². The molecule has 0 radical (unpaired) electrons. The predicted molar refractivity (Wildman–Crippen MR) is 123 cm³/mol. The van der Waals surface area contributed by atoms with Crippen LogP contribution in [0.25, 0.3) is 0 Å². The average Bonchev–Trinajstić information content (AvgIpc) is 3.27. The lowest BCUT2D eigenvalue weighted by Crippen LogP contribution is -2.32. The first-order valence-corrected chi connectivity index (χ1v) is 10.8. The second-order valence-electron chi connectivity index (χ2n) is 7.37. The Morgan fingerprint density at radius 3 is 2.47 bits per heavy atom. The lowest BCUT2D eigenvalue weighted by molar-refractivity contribution is -0.117. The molecule has 0 aliphatic carbocycles. The topological polar surface area (TPSA) is 61.4 Å². The molecule has 3 rings (SSSR count). The molecule has 2 N–H and O–H groups in total. The van der Waals surface area contributed by atoms with Gasteiger partial charge in [-0.05, 0) is 50.0 Å². The van der Waals surface area contributed by atoms with Crippen molar-refractivity contribution < 1.29 is 9.59 Å². The Kier molecular flexibility index (Phi) is 7.38. The summed E-state index contributed by atoms with van der Waals surface area (Å²) < 4.78 is 0. The summed E-state index contributed by atoms with van der Waals surface area (Å²) in [6, 6.07) is 19.3. The molecule has 156 valence electrons. The Balaban J connectivity index is 1.60. The average molecular weight is 422 g/mol. The van der Waals surface area contributed by atoms with E-state index in [1.165, 1.54) is 10.4 Å². The van der Waals surface area contributed by atoms with Crippen LogP contribution in [-0.4, -0.2) is 30.3 Å². The number of carbonyl (C=O) groups is 2. The van der Waals surface area contributed by atoms with Crippen LogP contribution in [0.2, 0.25) is 0 Å². The number of benzene rings is 2. The zero-order valence-electron chi connectivity index (χ0n) is 17.5. The molecule has 2 amide bonds. The minimum Gasteiger partial charge on any atom is -0.348 e. The monoisotopic (exact) mass is 421 g/mol. The smallest absolute Gasteiger partial charge is 0.253 e. The van der Waals surface area contributed by atoms with Crippen LogP contribution in [0.5, 0.6) is 0 Å². The van der Waals surface area contributed by atoms with E-state index in [4.69, 9.17) is 0 Å². The molecular formula is C24H27N3O2S. The van der Waals surface area contributed by atoms with E-state index in [1.54, 1.807) is 29.5 Å². The number of hydrogen-bond donors (Lipinski definition) is 2. The van der Waals surface area contributed by atoms with E-state index in [1.807, 2.05) is 60.6 Å². The Labute approximate surface area is 181 Å². The fourth-order valence-electron chi connectivity index (χ4n) is 3.07. The lowest BCUT2D eigenvalue weighted by Gasteiger charge is -2.23. The zero-order chi connectivity index (χ0) is 21.5. The highest BCUT2D eigenvalue weighted by Gasteiger charge is 2.18. The summed E-state index contributed by atoms with van der Waals surface area (Å²) in [7, 11) is 1.92. The number of thiophene rings is 1. The standard InChI is InChI=1S/C24H27N3O2S/c1-17-10-12-19(13-11-17)15-25-24(29)20-7-4-5-8-21(20)26-23(28)16-27(3)18(2)22-9-6-14-30-22/h4-14,18H,15-16H2,1-3H3,(H,25,29)(H,26,28). The number of carbonyl (C=O) groups excluding carboxylic acids is 2. The number of nitrogens with zero attached hydrogens (tertiary/aromatic N) is 1. The molecule has 0 spiro atoms. The highest BCUT2D eigenvalue weighted by Crippen LogP contribution is 2.23. The van der Waals surface area contributed by atoms with Gasteiger partial charge in [-0.2, -0.15) is 0 Å². The van der Waals surface area contributed by atoms with Crippen LogP contribution in [0.15, 0.2) is 66.0 Å². The van der Waals surface area contributed by atoms with Crippen molar-refractivity contribution in [2.24, 2.45) is 0 Å². The second kappa shape index (κ2) is 10.2. The summed E-state index contributed by atoms with van der Waals surface area (Å²) in [4.78, 5) is 28.5. The first-order valence-electron chi connectivity index (χ1n) is 9.90. The number of nitrogens with one attached hydrogen (secondary N) is 2. The molecule has 0 aliphatic rings. The van der Waals surface area contributed by atoms with Crippen molar-refractivity contribution in [3.05, 3.63) is 87.6 Å². The fourth-order valence-corrected chi connectivity index (χ4v) is 3.92. The maximum atomic E-state index is 12.7. The summed E-state index contributed by atoms with van der Waals surface area (Å²) >= 11 is 1.67. The van der Waals surface area contributed by atoms with Gasteiger partial charge in [0.2, 0.25) is 5.91 Å². The molecule has 30 heavy (non-hydrogen) atoms. The minimum atomic E-state index is -0.216. The number of para-hydroxylation sites is 1.